The number of halogens is 1. The quantitative estimate of drug-likeness (QED) is 0.714. The molecular weight excluding hydrogens is 373 g/mol. The molecule has 1 N–H and O–H groups in total. The van der Waals surface area contributed by atoms with E-state index in [4.69, 9.17) is 14.2 Å². The van der Waals surface area contributed by atoms with Gasteiger partial charge >= 0.3 is 12.1 Å². The Morgan fingerprint density at radius 2 is 1.93 bits per heavy atom. The van der Waals surface area contributed by atoms with Crippen LogP contribution in [0.5, 0.6) is 5.75 Å². The van der Waals surface area contributed by atoms with Gasteiger partial charge in [0.2, 0.25) is 0 Å². The normalized spacial score (nSPS) is 11.0. The summed E-state index contributed by atoms with van der Waals surface area (Å²) in [6, 6.07) is 4.32. The van der Waals surface area contributed by atoms with Gasteiger partial charge in [0.05, 0.1) is 13.7 Å². The van der Waals surface area contributed by atoms with Gasteiger partial charge in [-0.3, -0.25) is 5.32 Å². The molecule has 0 fully saturated rings. The van der Waals surface area contributed by atoms with Gasteiger partial charge in [-0.1, -0.05) is 0 Å². The van der Waals surface area contributed by atoms with E-state index in [9.17, 15) is 14.0 Å². The third kappa shape index (κ3) is 5.19. The first-order valence-electron chi connectivity index (χ1n) is 8.28. The van der Waals surface area contributed by atoms with Crippen LogP contribution in [-0.4, -0.2) is 31.4 Å². The van der Waals surface area contributed by atoms with E-state index in [-0.39, 0.29) is 22.7 Å². The molecule has 0 aliphatic rings. The molecule has 1 heterocycles. The molecular formula is C19H22FNO5S. The Labute approximate surface area is 161 Å². The molecule has 0 radical (unpaired) electrons. The lowest BCUT2D eigenvalue weighted by Crippen LogP contribution is -2.27. The number of thiophene rings is 1. The van der Waals surface area contributed by atoms with Crippen molar-refractivity contribution in [2.75, 3.05) is 19.0 Å². The number of benzene rings is 1. The average molecular weight is 395 g/mol. The zero-order valence-electron chi connectivity index (χ0n) is 15.8. The first-order valence-corrected chi connectivity index (χ1v) is 9.16. The number of esters is 1. The molecule has 27 heavy (non-hydrogen) atoms. The van der Waals surface area contributed by atoms with Crippen molar-refractivity contribution in [2.45, 2.75) is 33.3 Å². The van der Waals surface area contributed by atoms with Crippen LogP contribution >= 0.6 is 11.3 Å². The number of nitrogens with one attached hydrogen (secondary N) is 1. The number of ether oxygens (including phenoxy) is 3. The van der Waals surface area contributed by atoms with Crippen molar-refractivity contribution < 1.29 is 28.2 Å². The lowest BCUT2D eigenvalue weighted by Gasteiger charge is -2.19. The topological polar surface area (TPSA) is 73.9 Å². The Morgan fingerprint density at radius 1 is 1.22 bits per heavy atom. The molecule has 2 aromatic rings. The molecule has 0 aliphatic heterocycles. The molecule has 1 aromatic heterocycles. The van der Waals surface area contributed by atoms with E-state index >= 15 is 0 Å². The first kappa shape index (κ1) is 20.7. The predicted molar refractivity (Wildman–Crippen MR) is 102 cm³/mol. The Bertz CT molecular complexity index is 841. The minimum Gasteiger partial charge on any atom is -0.497 e. The minimum absolute atomic E-state index is 0.0803. The summed E-state index contributed by atoms with van der Waals surface area (Å²) < 4.78 is 29.8. The third-order valence-electron chi connectivity index (χ3n) is 3.35. The molecule has 0 spiro atoms. The number of amides is 1. The molecule has 0 bridgehead atoms. The average Bonchev–Trinajstić information content (AvgIpc) is 2.96. The highest BCUT2D eigenvalue weighted by Crippen LogP contribution is 2.38. The lowest BCUT2D eigenvalue weighted by molar-refractivity contribution is 0.0529. The number of rotatable bonds is 5. The Hall–Kier alpha value is -2.61. The minimum atomic E-state index is -0.711. The largest absolute Gasteiger partial charge is 0.497 e. The maximum absolute atomic E-state index is 14.5. The molecule has 146 valence electrons. The van der Waals surface area contributed by atoms with Crippen LogP contribution in [0.3, 0.4) is 0 Å². The molecule has 6 nitrogen and oxygen atoms in total. The van der Waals surface area contributed by atoms with Crippen LogP contribution in [0.2, 0.25) is 0 Å². The van der Waals surface area contributed by atoms with Crippen molar-refractivity contribution in [2.24, 2.45) is 0 Å². The second-order valence-corrected chi connectivity index (χ2v) is 7.43. The summed E-state index contributed by atoms with van der Waals surface area (Å²) >= 11 is 1.09. The van der Waals surface area contributed by atoms with Gasteiger partial charge in [0, 0.05) is 22.6 Å². The second kappa shape index (κ2) is 8.39. The van der Waals surface area contributed by atoms with E-state index in [2.05, 4.69) is 5.32 Å². The van der Waals surface area contributed by atoms with Gasteiger partial charge in [-0.15, -0.1) is 11.3 Å². The van der Waals surface area contributed by atoms with Gasteiger partial charge in [-0.05, 0) is 39.8 Å². The summed E-state index contributed by atoms with van der Waals surface area (Å²) in [5.41, 5.74) is -0.0927. The molecule has 0 saturated heterocycles. The molecule has 0 aliphatic carbocycles. The maximum Gasteiger partial charge on any atom is 0.412 e. The Morgan fingerprint density at radius 3 is 2.48 bits per heavy atom. The molecule has 0 saturated carbocycles. The lowest BCUT2D eigenvalue weighted by atomic mass is 10.0. The van der Waals surface area contributed by atoms with Gasteiger partial charge in [0.1, 0.15) is 27.7 Å². The fourth-order valence-electron chi connectivity index (χ4n) is 2.29. The van der Waals surface area contributed by atoms with Crippen LogP contribution in [0.1, 0.15) is 38.1 Å². The van der Waals surface area contributed by atoms with Gasteiger partial charge in [-0.2, -0.15) is 0 Å². The highest BCUT2D eigenvalue weighted by molar-refractivity contribution is 7.15. The molecule has 8 heteroatoms. The van der Waals surface area contributed by atoms with E-state index < -0.39 is 23.5 Å². The zero-order valence-corrected chi connectivity index (χ0v) is 16.7. The SMILES string of the molecule is CCOC(=O)c1c(-c2ccc(OC)cc2F)csc1NC(=O)OC(C)(C)C. The Balaban J connectivity index is 2.45. The number of carbonyl (C=O) groups excluding carboxylic acids is 2. The number of carbonyl (C=O) groups is 2. The van der Waals surface area contributed by atoms with Crippen molar-refractivity contribution in [3.63, 3.8) is 0 Å². The van der Waals surface area contributed by atoms with Gasteiger partial charge < -0.3 is 14.2 Å². The van der Waals surface area contributed by atoms with Crippen LogP contribution in [-0.2, 0) is 9.47 Å². The van der Waals surface area contributed by atoms with Gasteiger partial charge in [-0.25, -0.2) is 14.0 Å². The summed E-state index contributed by atoms with van der Waals surface area (Å²) in [4.78, 5) is 24.6. The summed E-state index contributed by atoms with van der Waals surface area (Å²) in [5, 5.41) is 4.36. The summed E-state index contributed by atoms with van der Waals surface area (Å²) in [7, 11) is 1.44. The van der Waals surface area contributed by atoms with Crippen LogP contribution in [0, 0.1) is 5.82 Å². The molecule has 0 atom stereocenters. The second-order valence-electron chi connectivity index (χ2n) is 6.55. The molecule has 2 rings (SSSR count). The van der Waals surface area contributed by atoms with E-state index in [0.29, 0.717) is 11.3 Å². The fourth-order valence-corrected chi connectivity index (χ4v) is 3.23. The van der Waals surface area contributed by atoms with Crippen LogP contribution < -0.4 is 10.1 Å². The molecule has 1 amide bonds. The monoisotopic (exact) mass is 395 g/mol. The van der Waals surface area contributed by atoms with Crippen molar-refractivity contribution in [1.82, 2.24) is 0 Å². The summed E-state index contributed by atoms with van der Waals surface area (Å²) in [6.45, 7) is 6.99. The van der Waals surface area contributed by atoms with Crippen molar-refractivity contribution in [1.29, 1.82) is 0 Å². The van der Waals surface area contributed by atoms with Gasteiger partial charge in [0.15, 0.2) is 0 Å². The van der Waals surface area contributed by atoms with E-state index in [0.717, 1.165) is 11.3 Å². The number of hydrogen-bond donors (Lipinski definition) is 1. The highest BCUT2D eigenvalue weighted by atomic mass is 32.1. The van der Waals surface area contributed by atoms with E-state index in [1.807, 2.05) is 0 Å². The molecule has 0 unspecified atom stereocenters. The van der Waals surface area contributed by atoms with Crippen molar-refractivity contribution in [3.8, 4) is 16.9 Å². The van der Waals surface area contributed by atoms with Crippen molar-refractivity contribution >= 4 is 28.4 Å². The van der Waals surface area contributed by atoms with Crippen LogP contribution in [0.15, 0.2) is 23.6 Å². The van der Waals surface area contributed by atoms with E-state index in [1.165, 1.54) is 19.2 Å². The van der Waals surface area contributed by atoms with Crippen LogP contribution in [0.4, 0.5) is 14.2 Å². The van der Waals surface area contributed by atoms with E-state index in [1.54, 1.807) is 39.1 Å². The number of hydrogen-bond acceptors (Lipinski definition) is 6. The zero-order chi connectivity index (χ0) is 20.2. The smallest absolute Gasteiger partial charge is 0.412 e. The third-order valence-corrected chi connectivity index (χ3v) is 4.25. The summed E-state index contributed by atoms with van der Waals surface area (Å²) in [5.74, 6) is -0.854. The van der Waals surface area contributed by atoms with Crippen LogP contribution in [0.25, 0.3) is 11.1 Å². The first-order chi connectivity index (χ1) is 12.7. The fraction of sp³-hybridized carbons (Fsp3) is 0.368. The van der Waals surface area contributed by atoms with Crippen molar-refractivity contribution in [3.05, 3.63) is 35.0 Å². The summed E-state index contributed by atoms with van der Waals surface area (Å²) in [6.07, 6.45) is -0.711. The maximum atomic E-state index is 14.5. The van der Waals surface area contributed by atoms with Gasteiger partial charge in [0.25, 0.3) is 0 Å². The number of anilines is 1. The standard InChI is InChI=1S/C19H22FNO5S/c1-6-25-17(22)15-13(12-8-7-11(24-5)9-14(12)20)10-27-16(15)21-18(23)26-19(2,3)4/h7-10H,6H2,1-5H3,(H,21,23). The highest BCUT2D eigenvalue weighted by Gasteiger charge is 2.26. The predicted octanol–water partition coefficient (Wildman–Crippen LogP) is 5.09. The molecule has 1 aromatic carbocycles. The Kier molecular flexibility index (Phi) is 6.43. The number of methoxy groups -OCH3 is 1.